The third kappa shape index (κ3) is 3.41. The van der Waals surface area contributed by atoms with Gasteiger partial charge < -0.3 is 0 Å². The lowest BCUT2D eigenvalue weighted by Gasteiger charge is -2.30. The molecule has 0 amide bonds. The number of allylic oxidation sites excluding steroid dienone is 2. The van der Waals surface area contributed by atoms with Crippen LogP contribution < -0.4 is 0 Å². The largest absolute Gasteiger partial charge is 0.295 e. The van der Waals surface area contributed by atoms with Gasteiger partial charge in [-0.1, -0.05) is 23.8 Å². The molecule has 1 aliphatic heterocycles. The quantitative estimate of drug-likeness (QED) is 0.796. The number of nitrogens with zero attached hydrogens (tertiary/aromatic N) is 3. The Kier molecular flexibility index (Phi) is 4.20. The van der Waals surface area contributed by atoms with E-state index >= 15 is 0 Å². The van der Waals surface area contributed by atoms with E-state index in [1.807, 2.05) is 13.1 Å². The van der Waals surface area contributed by atoms with Crippen molar-refractivity contribution >= 4 is 0 Å². The van der Waals surface area contributed by atoms with Crippen LogP contribution in [0.3, 0.4) is 0 Å². The summed E-state index contributed by atoms with van der Waals surface area (Å²) in [5.41, 5.74) is 5.50. The zero-order valence-corrected chi connectivity index (χ0v) is 13.2. The molecule has 1 aromatic rings. The molecule has 1 unspecified atom stereocenters. The first-order valence-electron chi connectivity index (χ1n) is 7.99. The zero-order valence-electron chi connectivity index (χ0n) is 13.2. The molecule has 1 aliphatic carbocycles. The van der Waals surface area contributed by atoms with E-state index in [0.29, 0.717) is 5.92 Å². The predicted octanol–water partition coefficient (Wildman–Crippen LogP) is 3.45. The molecular formula is C18H25N3. The Morgan fingerprint density at radius 2 is 2.29 bits per heavy atom. The van der Waals surface area contributed by atoms with Gasteiger partial charge in [-0.15, -0.1) is 0 Å². The second-order valence-electron chi connectivity index (χ2n) is 6.53. The molecule has 3 nitrogen and oxygen atoms in total. The van der Waals surface area contributed by atoms with Crippen molar-refractivity contribution in [1.82, 2.24) is 14.9 Å². The molecule has 2 heterocycles. The van der Waals surface area contributed by atoms with Gasteiger partial charge in [-0.05, 0) is 39.0 Å². The first-order valence-corrected chi connectivity index (χ1v) is 7.99. The van der Waals surface area contributed by atoms with Crippen molar-refractivity contribution in [3.63, 3.8) is 0 Å². The van der Waals surface area contributed by atoms with Crippen molar-refractivity contribution in [3.8, 4) is 0 Å². The maximum absolute atomic E-state index is 4.56. The van der Waals surface area contributed by atoms with E-state index in [1.54, 1.807) is 5.57 Å². The van der Waals surface area contributed by atoms with Gasteiger partial charge in [0.2, 0.25) is 0 Å². The van der Waals surface area contributed by atoms with E-state index in [9.17, 15) is 0 Å². The Morgan fingerprint density at radius 3 is 3.00 bits per heavy atom. The lowest BCUT2D eigenvalue weighted by Crippen LogP contribution is -2.33. The van der Waals surface area contributed by atoms with Crippen molar-refractivity contribution in [2.45, 2.75) is 46.1 Å². The third-order valence-corrected chi connectivity index (χ3v) is 4.76. The fourth-order valence-electron chi connectivity index (χ4n) is 3.38. The van der Waals surface area contributed by atoms with Crippen LogP contribution in [0.2, 0.25) is 0 Å². The summed E-state index contributed by atoms with van der Waals surface area (Å²) in [6, 6.07) is 0. The van der Waals surface area contributed by atoms with Gasteiger partial charge in [0.1, 0.15) is 5.82 Å². The monoisotopic (exact) mass is 283 g/mol. The normalized spacial score (nSPS) is 22.6. The molecule has 1 aromatic heterocycles. The topological polar surface area (TPSA) is 29.0 Å². The zero-order chi connectivity index (χ0) is 14.8. The molecule has 0 saturated heterocycles. The Morgan fingerprint density at radius 1 is 1.43 bits per heavy atom. The third-order valence-electron chi connectivity index (χ3n) is 4.76. The van der Waals surface area contributed by atoms with Gasteiger partial charge in [-0.3, -0.25) is 4.90 Å². The molecule has 0 saturated carbocycles. The number of aromatic nitrogens is 2. The van der Waals surface area contributed by atoms with Gasteiger partial charge in [0.05, 0.1) is 0 Å². The van der Waals surface area contributed by atoms with Gasteiger partial charge in [0.25, 0.3) is 0 Å². The number of fused-ring (bicyclic) bond motifs is 1. The van der Waals surface area contributed by atoms with E-state index in [2.05, 4.69) is 34.4 Å². The predicted molar refractivity (Wildman–Crippen MR) is 86.0 cm³/mol. The minimum absolute atomic E-state index is 0.701. The maximum atomic E-state index is 4.56. The molecule has 21 heavy (non-hydrogen) atoms. The van der Waals surface area contributed by atoms with Crippen LogP contribution in [0, 0.1) is 12.8 Å². The number of rotatable bonds is 3. The molecule has 0 radical (unpaired) electrons. The number of aryl methyl sites for hydroxylation is 1. The first-order chi connectivity index (χ1) is 10.1. The first kappa shape index (κ1) is 14.5. The van der Waals surface area contributed by atoms with Crippen LogP contribution in [-0.4, -0.2) is 28.0 Å². The summed E-state index contributed by atoms with van der Waals surface area (Å²) in [5, 5.41) is 0. The molecule has 0 N–H and O–H groups in total. The lowest BCUT2D eigenvalue weighted by molar-refractivity contribution is 0.267. The van der Waals surface area contributed by atoms with Crippen molar-refractivity contribution in [3.05, 3.63) is 47.1 Å². The fraction of sp³-hybridized carbons (Fsp3) is 0.556. The van der Waals surface area contributed by atoms with Crippen LogP contribution >= 0.6 is 0 Å². The SMILES string of the molecule is C=C(C)C1CC=C(CN2CCc3nc(C)ncc3C2)CC1. The summed E-state index contributed by atoms with van der Waals surface area (Å²) in [4.78, 5) is 11.4. The van der Waals surface area contributed by atoms with Gasteiger partial charge in [-0.25, -0.2) is 9.97 Å². The number of hydrogen-bond donors (Lipinski definition) is 0. The average Bonchev–Trinajstić information content (AvgIpc) is 2.48. The van der Waals surface area contributed by atoms with Crippen LogP contribution in [0.1, 0.15) is 43.3 Å². The molecule has 2 aliphatic rings. The van der Waals surface area contributed by atoms with E-state index in [0.717, 1.165) is 31.9 Å². The molecule has 0 spiro atoms. The molecule has 0 aromatic carbocycles. The summed E-state index contributed by atoms with van der Waals surface area (Å²) < 4.78 is 0. The standard InChI is InChI=1S/C18H25N3/c1-13(2)16-6-4-15(5-7-16)11-21-9-8-18-17(12-21)10-19-14(3)20-18/h4,10,16H,1,5-9,11-12H2,2-3H3. The lowest BCUT2D eigenvalue weighted by atomic mass is 9.85. The molecule has 0 fully saturated rings. The van der Waals surface area contributed by atoms with Crippen LogP contribution in [0.5, 0.6) is 0 Å². The van der Waals surface area contributed by atoms with Crippen LogP contribution in [0.25, 0.3) is 0 Å². The molecule has 3 rings (SSSR count). The van der Waals surface area contributed by atoms with Gasteiger partial charge in [-0.2, -0.15) is 0 Å². The summed E-state index contributed by atoms with van der Waals surface area (Å²) in [7, 11) is 0. The average molecular weight is 283 g/mol. The van der Waals surface area contributed by atoms with Crippen LogP contribution in [0.4, 0.5) is 0 Å². The van der Waals surface area contributed by atoms with E-state index in [1.165, 1.54) is 36.1 Å². The van der Waals surface area contributed by atoms with Gasteiger partial charge >= 0.3 is 0 Å². The molecule has 0 bridgehead atoms. The van der Waals surface area contributed by atoms with Crippen molar-refractivity contribution in [1.29, 1.82) is 0 Å². The van der Waals surface area contributed by atoms with Crippen molar-refractivity contribution in [2.24, 2.45) is 5.92 Å². The summed E-state index contributed by atoms with van der Waals surface area (Å²) in [5.74, 6) is 1.59. The minimum Gasteiger partial charge on any atom is -0.295 e. The minimum atomic E-state index is 0.701. The van der Waals surface area contributed by atoms with E-state index < -0.39 is 0 Å². The highest BCUT2D eigenvalue weighted by Gasteiger charge is 2.21. The maximum Gasteiger partial charge on any atom is 0.125 e. The van der Waals surface area contributed by atoms with E-state index in [-0.39, 0.29) is 0 Å². The second kappa shape index (κ2) is 6.10. The van der Waals surface area contributed by atoms with Crippen molar-refractivity contribution in [2.75, 3.05) is 13.1 Å². The molecular weight excluding hydrogens is 258 g/mol. The summed E-state index contributed by atoms with van der Waals surface area (Å²) >= 11 is 0. The Balaban J connectivity index is 1.60. The summed E-state index contributed by atoms with van der Waals surface area (Å²) in [6.45, 7) is 11.4. The Labute approximate surface area is 127 Å². The van der Waals surface area contributed by atoms with Crippen LogP contribution in [0.15, 0.2) is 30.0 Å². The summed E-state index contributed by atoms with van der Waals surface area (Å²) in [6.07, 6.45) is 9.19. The smallest absolute Gasteiger partial charge is 0.125 e. The molecule has 3 heteroatoms. The van der Waals surface area contributed by atoms with Crippen LogP contribution in [-0.2, 0) is 13.0 Å². The van der Waals surface area contributed by atoms with Crippen molar-refractivity contribution < 1.29 is 0 Å². The highest BCUT2D eigenvalue weighted by atomic mass is 15.1. The Hall–Kier alpha value is -1.48. The second-order valence-corrected chi connectivity index (χ2v) is 6.53. The van der Waals surface area contributed by atoms with E-state index in [4.69, 9.17) is 0 Å². The molecule has 112 valence electrons. The molecule has 1 atom stereocenters. The Bertz CT molecular complexity index is 574. The highest BCUT2D eigenvalue weighted by Crippen LogP contribution is 2.29. The van der Waals surface area contributed by atoms with Gasteiger partial charge in [0, 0.05) is 43.5 Å². The van der Waals surface area contributed by atoms with Gasteiger partial charge in [0.15, 0.2) is 0 Å². The highest BCUT2D eigenvalue weighted by molar-refractivity contribution is 5.21. The fourth-order valence-corrected chi connectivity index (χ4v) is 3.38. The number of hydrogen-bond acceptors (Lipinski definition) is 3.